The summed E-state index contributed by atoms with van der Waals surface area (Å²) in [6, 6.07) is 0.852. The van der Waals surface area contributed by atoms with Crippen molar-refractivity contribution >= 4 is 0 Å². The Labute approximate surface area is 102 Å². The Morgan fingerprint density at radius 1 is 0.938 bits per heavy atom. The number of hydrogen-bond acceptors (Lipinski definition) is 2. The van der Waals surface area contributed by atoms with Crippen molar-refractivity contribution in [3.05, 3.63) is 0 Å². The Morgan fingerprint density at radius 3 is 1.94 bits per heavy atom. The van der Waals surface area contributed by atoms with Crippen LogP contribution in [0.3, 0.4) is 0 Å². The SMILES string of the molecule is CC.CC1CC(C)CN(C2CCN(C)C2)C1. The summed E-state index contributed by atoms with van der Waals surface area (Å²) in [4.78, 5) is 5.21. The highest BCUT2D eigenvalue weighted by atomic mass is 15.2. The summed E-state index contributed by atoms with van der Waals surface area (Å²) < 4.78 is 0. The molecule has 2 rings (SSSR count). The summed E-state index contributed by atoms with van der Waals surface area (Å²) in [5, 5.41) is 0. The van der Waals surface area contributed by atoms with Gasteiger partial charge in [-0.1, -0.05) is 27.7 Å². The molecule has 2 nitrogen and oxygen atoms in total. The maximum absolute atomic E-state index is 2.74. The van der Waals surface area contributed by atoms with E-state index in [0.717, 1.165) is 17.9 Å². The third-order valence-corrected chi connectivity index (χ3v) is 3.78. The molecule has 0 radical (unpaired) electrons. The summed E-state index contributed by atoms with van der Waals surface area (Å²) in [5.74, 6) is 1.81. The molecule has 3 unspecified atom stereocenters. The predicted octanol–water partition coefficient (Wildman–Crippen LogP) is 2.69. The molecule has 0 aromatic rings. The molecule has 0 saturated carbocycles. The largest absolute Gasteiger partial charge is 0.305 e. The maximum atomic E-state index is 2.74. The average Bonchev–Trinajstić information content (AvgIpc) is 2.66. The van der Waals surface area contributed by atoms with Crippen LogP contribution >= 0.6 is 0 Å². The Bertz CT molecular complexity index is 183. The van der Waals surface area contributed by atoms with Gasteiger partial charge in [-0.05, 0) is 38.3 Å². The van der Waals surface area contributed by atoms with Gasteiger partial charge in [0.15, 0.2) is 0 Å². The van der Waals surface area contributed by atoms with Gasteiger partial charge in [0, 0.05) is 25.7 Å². The number of likely N-dealkylation sites (tertiary alicyclic amines) is 2. The first-order valence-electron chi connectivity index (χ1n) is 7.07. The highest BCUT2D eigenvalue weighted by Crippen LogP contribution is 2.25. The number of likely N-dealkylation sites (N-methyl/N-ethyl adjacent to an activating group) is 1. The van der Waals surface area contributed by atoms with Crippen LogP contribution in [0.2, 0.25) is 0 Å². The molecule has 3 atom stereocenters. The lowest BCUT2D eigenvalue weighted by Crippen LogP contribution is -2.46. The van der Waals surface area contributed by atoms with E-state index in [1.165, 1.54) is 39.0 Å². The fourth-order valence-electron chi connectivity index (χ4n) is 3.22. The standard InChI is InChI=1S/C12H24N2.C2H6/c1-10-6-11(2)8-14(7-10)12-4-5-13(3)9-12;1-2/h10-12H,4-9H2,1-3H3;1-2H3. The van der Waals surface area contributed by atoms with Crippen LogP contribution < -0.4 is 0 Å². The smallest absolute Gasteiger partial charge is 0.0235 e. The second kappa shape index (κ2) is 6.61. The molecular formula is C14H30N2. The molecule has 2 fully saturated rings. The minimum absolute atomic E-state index is 0.852. The van der Waals surface area contributed by atoms with E-state index in [1.54, 1.807) is 0 Å². The average molecular weight is 226 g/mol. The van der Waals surface area contributed by atoms with Crippen molar-refractivity contribution in [3.8, 4) is 0 Å². The zero-order chi connectivity index (χ0) is 12.1. The second-order valence-electron chi connectivity index (χ2n) is 5.60. The van der Waals surface area contributed by atoms with Crippen molar-refractivity contribution < 1.29 is 0 Å². The summed E-state index contributed by atoms with van der Waals surface area (Å²) in [6.45, 7) is 14.1. The molecule has 2 aliphatic heterocycles. The Balaban J connectivity index is 0.000000606. The molecule has 0 aliphatic carbocycles. The first kappa shape index (κ1) is 14.0. The quantitative estimate of drug-likeness (QED) is 0.678. The van der Waals surface area contributed by atoms with Crippen molar-refractivity contribution in [2.24, 2.45) is 11.8 Å². The first-order valence-corrected chi connectivity index (χ1v) is 7.07. The van der Waals surface area contributed by atoms with Crippen molar-refractivity contribution in [1.29, 1.82) is 0 Å². The summed E-state index contributed by atoms with van der Waals surface area (Å²) in [6.07, 6.45) is 2.81. The van der Waals surface area contributed by atoms with Gasteiger partial charge in [0.1, 0.15) is 0 Å². The highest BCUT2D eigenvalue weighted by molar-refractivity contribution is 4.86. The molecule has 2 heteroatoms. The van der Waals surface area contributed by atoms with Gasteiger partial charge in [-0.25, -0.2) is 0 Å². The van der Waals surface area contributed by atoms with Gasteiger partial charge in [-0.3, -0.25) is 4.90 Å². The molecule has 0 amide bonds. The molecule has 0 aromatic carbocycles. The van der Waals surface area contributed by atoms with E-state index < -0.39 is 0 Å². The van der Waals surface area contributed by atoms with Crippen LogP contribution in [0.25, 0.3) is 0 Å². The van der Waals surface area contributed by atoms with E-state index in [1.807, 2.05) is 13.8 Å². The first-order chi connectivity index (χ1) is 7.65. The van der Waals surface area contributed by atoms with E-state index in [9.17, 15) is 0 Å². The van der Waals surface area contributed by atoms with Crippen LogP contribution in [0, 0.1) is 11.8 Å². The van der Waals surface area contributed by atoms with Crippen LogP contribution in [0.5, 0.6) is 0 Å². The number of rotatable bonds is 1. The van der Waals surface area contributed by atoms with Crippen molar-refractivity contribution in [3.63, 3.8) is 0 Å². The van der Waals surface area contributed by atoms with Crippen molar-refractivity contribution in [2.75, 3.05) is 33.2 Å². The molecule has 2 aliphatic rings. The van der Waals surface area contributed by atoms with E-state index in [-0.39, 0.29) is 0 Å². The third-order valence-electron chi connectivity index (χ3n) is 3.78. The topological polar surface area (TPSA) is 6.48 Å². The number of hydrogen-bond donors (Lipinski definition) is 0. The van der Waals surface area contributed by atoms with Gasteiger partial charge in [-0.15, -0.1) is 0 Å². The highest BCUT2D eigenvalue weighted by Gasteiger charge is 2.30. The number of nitrogens with zero attached hydrogens (tertiary/aromatic N) is 2. The molecule has 2 heterocycles. The third kappa shape index (κ3) is 3.74. The summed E-state index contributed by atoms with van der Waals surface area (Å²) >= 11 is 0. The van der Waals surface area contributed by atoms with Gasteiger partial charge < -0.3 is 4.90 Å². The zero-order valence-corrected chi connectivity index (χ0v) is 11.9. The molecule has 0 N–H and O–H groups in total. The maximum Gasteiger partial charge on any atom is 0.0235 e. The molecule has 2 saturated heterocycles. The number of piperidine rings is 1. The zero-order valence-electron chi connectivity index (χ0n) is 11.9. The minimum Gasteiger partial charge on any atom is -0.305 e. The summed E-state index contributed by atoms with van der Waals surface area (Å²) in [5.41, 5.74) is 0. The van der Waals surface area contributed by atoms with Gasteiger partial charge in [-0.2, -0.15) is 0 Å². The van der Waals surface area contributed by atoms with Crippen molar-refractivity contribution in [1.82, 2.24) is 9.80 Å². The minimum atomic E-state index is 0.852. The molecule has 0 spiro atoms. The van der Waals surface area contributed by atoms with E-state index in [4.69, 9.17) is 0 Å². The monoisotopic (exact) mass is 226 g/mol. The normalized spacial score (nSPS) is 36.9. The molecule has 0 bridgehead atoms. The van der Waals surface area contributed by atoms with E-state index in [0.29, 0.717) is 0 Å². The second-order valence-corrected chi connectivity index (χ2v) is 5.60. The van der Waals surface area contributed by atoms with Crippen LogP contribution in [-0.2, 0) is 0 Å². The Kier molecular flexibility index (Phi) is 5.77. The van der Waals surface area contributed by atoms with E-state index in [2.05, 4.69) is 30.7 Å². The van der Waals surface area contributed by atoms with Crippen molar-refractivity contribution in [2.45, 2.75) is 46.6 Å². The van der Waals surface area contributed by atoms with Crippen LogP contribution in [0.4, 0.5) is 0 Å². The van der Waals surface area contributed by atoms with Gasteiger partial charge >= 0.3 is 0 Å². The van der Waals surface area contributed by atoms with Gasteiger partial charge in [0.05, 0.1) is 0 Å². The molecule has 16 heavy (non-hydrogen) atoms. The lowest BCUT2D eigenvalue weighted by molar-refractivity contribution is 0.0989. The van der Waals surface area contributed by atoms with Gasteiger partial charge in [0.25, 0.3) is 0 Å². The van der Waals surface area contributed by atoms with Crippen LogP contribution in [0.1, 0.15) is 40.5 Å². The lowest BCUT2D eigenvalue weighted by atomic mass is 9.91. The Morgan fingerprint density at radius 2 is 1.50 bits per heavy atom. The molecule has 0 aromatic heterocycles. The van der Waals surface area contributed by atoms with Gasteiger partial charge in [0.2, 0.25) is 0 Å². The molecular weight excluding hydrogens is 196 g/mol. The summed E-state index contributed by atoms with van der Waals surface area (Å²) in [7, 11) is 2.25. The van der Waals surface area contributed by atoms with Crippen LogP contribution in [0.15, 0.2) is 0 Å². The van der Waals surface area contributed by atoms with Crippen LogP contribution in [-0.4, -0.2) is 49.1 Å². The molecule has 96 valence electrons. The Hall–Kier alpha value is -0.0800. The fraction of sp³-hybridized carbons (Fsp3) is 1.00. The predicted molar refractivity (Wildman–Crippen MR) is 71.8 cm³/mol. The fourth-order valence-corrected chi connectivity index (χ4v) is 3.22. The lowest BCUT2D eigenvalue weighted by Gasteiger charge is -2.38. The van der Waals surface area contributed by atoms with E-state index >= 15 is 0 Å².